The first-order chi connectivity index (χ1) is 13.5. The third kappa shape index (κ3) is 4.65. The maximum atomic E-state index is 14.2. The molecule has 3 rings (SSSR count). The van der Waals surface area contributed by atoms with Crippen molar-refractivity contribution in [3.63, 3.8) is 0 Å². The molecule has 10 heteroatoms. The van der Waals surface area contributed by atoms with Gasteiger partial charge in [-0.05, 0) is 49.7 Å². The highest BCUT2D eigenvalue weighted by molar-refractivity contribution is 7.90. The van der Waals surface area contributed by atoms with Gasteiger partial charge < -0.3 is 9.84 Å². The number of aryl methyl sites for hydroxylation is 1. The summed E-state index contributed by atoms with van der Waals surface area (Å²) in [6.45, 7) is 3.24. The minimum absolute atomic E-state index is 0.0188. The molecular formula is C19H17F2N3O4S. The van der Waals surface area contributed by atoms with Crippen molar-refractivity contribution in [1.29, 1.82) is 0 Å². The van der Waals surface area contributed by atoms with Crippen LogP contribution >= 0.6 is 0 Å². The summed E-state index contributed by atoms with van der Waals surface area (Å²) in [6.07, 6.45) is 0.971. The molecule has 2 aromatic carbocycles. The molecule has 1 heterocycles. The van der Waals surface area contributed by atoms with E-state index < -0.39 is 33.4 Å². The Kier molecular flexibility index (Phi) is 5.47. The first kappa shape index (κ1) is 20.6. The molecule has 0 spiro atoms. The predicted molar refractivity (Wildman–Crippen MR) is 99.8 cm³/mol. The first-order valence-electron chi connectivity index (χ1n) is 8.46. The van der Waals surface area contributed by atoms with Crippen LogP contribution in [-0.2, 0) is 9.84 Å². The van der Waals surface area contributed by atoms with Crippen molar-refractivity contribution >= 4 is 15.7 Å². The van der Waals surface area contributed by atoms with Crippen LogP contribution in [0.3, 0.4) is 0 Å². The van der Waals surface area contributed by atoms with Gasteiger partial charge in [-0.15, -0.1) is 0 Å². The van der Waals surface area contributed by atoms with E-state index in [4.69, 9.17) is 4.52 Å². The fourth-order valence-corrected chi connectivity index (χ4v) is 3.34. The monoisotopic (exact) mass is 421 g/mol. The van der Waals surface area contributed by atoms with Crippen LogP contribution in [0.5, 0.6) is 0 Å². The highest BCUT2D eigenvalue weighted by Gasteiger charge is 2.20. The van der Waals surface area contributed by atoms with E-state index in [2.05, 4.69) is 15.5 Å². The fraction of sp³-hybridized carbons (Fsp3) is 0.211. The SMILES string of the molecule is Cc1noc([C@@H](C)NC(=O)c2cc(-c3ccc(F)cc3F)cc(S(C)(=O)=O)c2)n1. The minimum Gasteiger partial charge on any atom is -0.341 e. The second-order valence-electron chi connectivity index (χ2n) is 6.52. The van der Waals surface area contributed by atoms with Crippen molar-refractivity contribution < 1.29 is 26.5 Å². The molecule has 1 atom stereocenters. The van der Waals surface area contributed by atoms with Crippen molar-refractivity contribution in [1.82, 2.24) is 15.5 Å². The Morgan fingerprint density at radius 1 is 1.17 bits per heavy atom. The number of rotatable bonds is 5. The fourth-order valence-electron chi connectivity index (χ4n) is 2.65. The van der Waals surface area contributed by atoms with Crippen molar-refractivity contribution in [3.05, 3.63) is 65.3 Å². The summed E-state index contributed by atoms with van der Waals surface area (Å²) in [4.78, 5) is 16.5. The van der Waals surface area contributed by atoms with Crippen LogP contribution in [0.25, 0.3) is 11.1 Å². The molecule has 152 valence electrons. The van der Waals surface area contributed by atoms with Gasteiger partial charge in [-0.2, -0.15) is 4.98 Å². The van der Waals surface area contributed by atoms with Crippen LogP contribution in [0, 0.1) is 18.6 Å². The standard InChI is InChI=1S/C19H17F2N3O4S/c1-10(19-23-11(2)24-28-19)22-18(25)13-6-12(7-15(8-13)29(3,26)27)16-5-4-14(20)9-17(16)21/h4-10H,1-3H3,(H,22,25)/t10-/m1/s1. The molecule has 0 fully saturated rings. The lowest BCUT2D eigenvalue weighted by molar-refractivity contribution is 0.0932. The molecular weight excluding hydrogens is 404 g/mol. The predicted octanol–water partition coefficient (Wildman–Crippen LogP) is 3.22. The van der Waals surface area contributed by atoms with E-state index in [-0.39, 0.29) is 27.5 Å². The average molecular weight is 421 g/mol. The Balaban J connectivity index is 2.02. The maximum Gasteiger partial charge on any atom is 0.251 e. The zero-order valence-corrected chi connectivity index (χ0v) is 16.5. The Morgan fingerprint density at radius 2 is 1.90 bits per heavy atom. The highest BCUT2D eigenvalue weighted by Crippen LogP contribution is 2.28. The van der Waals surface area contributed by atoms with Crippen LogP contribution in [0.2, 0.25) is 0 Å². The number of hydrogen-bond donors (Lipinski definition) is 1. The molecule has 0 aliphatic carbocycles. The molecule has 1 aromatic heterocycles. The molecule has 0 unspecified atom stereocenters. The van der Waals surface area contributed by atoms with Crippen molar-refractivity contribution in [2.75, 3.05) is 6.26 Å². The first-order valence-corrected chi connectivity index (χ1v) is 10.4. The van der Waals surface area contributed by atoms with Gasteiger partial charge in [-0.3, -0.25) is 4.79 Å². The van der Waals surface area contributed by atoms with Crippen LogP contribution in [-0.4, -0.2) is 30.7 Å². The normalized spacial score (nSPS) is 12.6. The Labute approximate surface area is 165 Å². The number of aromatic nitrogens is 2. The number of carbonyl (C=O) groups excluding carboxylic acids is 1. The van der Waals surface area contributed by atoms with Gasteiger partial charge >= 0.3 is 0 Å². The van der Waals surface area contributed by atoms with E-state index in [0.717, 1.165) is 12.3 Å². The molecule has 0 radical (unpaired) electrons. The van der Waals surface area contributed by atoms with Gasteiger partial charge in [0.25, 0.3) is 5.91 Å². The Bertz CT molecular complexity index is 1190. The largest absolute Gasteiger partial charge is 0.341 e. The summed E-state index contributed by atoms with van der Waals surface area (Å²) in [5.74, 6) is -1.69. The quantitative estimate of drug-likeness (QED) is 0.679. The number of hydrogen-bond acceptors (Lipinski definition) is 6. The number of carbonyl (C=O) groups is 1. The molecule has 29 heavy (non-hydrogen) atoms. The zero-order valence-electron chi connectivity index (χ0n) is 15.7. The zero-order chi connectivity index (χ0) is 21.3. The van der Waals surface area contributed by atoms with Crippen molar-refractivity contribution in [3.8, 4) is 11.1 Å². The van der Waals surface area contributed by atoms with Crippen LogP contribution < -0.4 is 5.32 Å². The molecule has 0 bridgehead atoms. The number of sulfone groups is 1. The molecule has 0 saturated carbocycles. The number of nitrogens with zero attached hydrogens (tertiary/aromatic N) is 2. The summed E-state index contributed by atoms with van der Waals surface area (Å²) < 4.78 is 56.6. The van der Waals surface area contributed by atoms with Gasteiger partial charge in [0.2, 0.25) is 5.89 Å². The Hall–Kier alpha value is -3.14. The summed E-state index contributed by atoms with van der Waals surface area (Å²) in [7, 11) is -3.71. The van der Waals surface area contributed by atoms with Crippen molar-refractivity contribution in [2.24, 2.45) is 0 Å². The molecule has 0 saturated heterocycles. The lowest BCUT2D eigenvalue weighted by atomic mass is 10.0. The second-order valence-corrected chi connectivity index (χ2v) is 8.53. The average Bonchev–Trinajstić information content (AvgIpc) is 3.07. The number of benzene rings is 2. The minimum atomic E-state index is -3.71. The lowest BCUT2D eigenvalue weighted by Gasteiger charge is -2.13. The summed E-state index contributed by atoms with van der Waals surface area (Å²) >= 11 is 0. The molecule has 1 amide bonds. The third-order valence-electron chi connectivity index (χ3n) is 4.10. The topological polar surface area (TPSA) is 102 Å². The molecule has 3 aromatic rings. The van der Waals surface area contributed by atoms with Gasteiger partial charge in [-0.25, -0.2) is 17.2 Å². The molecule has 0 aliphatic rings. The van der Waals surface area contributed by atoms with E-state index in [0.29, 0.717) is 11.9 Å². The number of nitrogens with one attached hydrogen (secondary N) is 1. The lowest BCUT2D eigenvalue weighted by Crippen LogP contribution is -2.27. The molecule has 1 N–H and O–H groups in total. The molecule has 0 aliphatic heterocycles. The van der Waals surface area contributed by atoms with E-state index in [9.17, 15) is 22.0 Å². The Morgan fingerprint density at radius 3 is 2.48 bits per heavy atom. The molecule has 7 nitrogen and oxygen atoms in total. The van der Waals surface area contributed by atoms with Gasteiger partial charge in [0.1, 0.15) is 17.7 Å². The van der Waals surface area contributed by atoms with Gasteiger partial charge in [0, 0.05) is 23.4 Å². The van der Waals surface area contributed by atoms with E-state index in [1.54, 1.807) is 13.8 Å². The number of amides is 1. The van der Waals surface area contributed by atoms with Crippen LogP contribution in [0.15, 0.2) is 45.8 Å². The smallest absolute Gasteiger partial charge is 0.251 e. The second kappa shape index (κ2) is 7.70. The third-order valence-corrected chi connectivity index (χ3v) is 5.19. The van der Waals surface area contributed by atoms with Crippen LogP contribution in [0.1, 0.15) is 35.0 Å². The number of halogens is 2. The van der Waals surface area contributed by atoms with Crippen molar-refractivity contribution in [2.45, 2.75) is 24.8 Å². The summed E-state index contributed by atoms with van der Waals surface area (Å²) in [5.41, 5.74) is 0.0677. The summed E-state index contributed by atoms with van der Waals surface area (Å²) in [5, 5.41) is 6.27. The van der Waals surface area contributed by atoms with E-state index in [1.807, 2.05) is 0 Å². The maximum absolute atomic E-state index is 14.2. The van der Waals surface area contributed by atoms with E-state index in [1.165, 1.54) is 24.3 Å². The highest BCUT2D eigenvalue weighted by atomic mass is 32.2. The van der Waals surface area contributed by atoms with Gasteiger partial charge in [0.15, 0.2) is 15.7 Å². The van der Waals surface area contributed by atoms with E-state index >= 15 is 0 Å². The summed E-state index contributed by atoms with van der Waals surface area (Å²) in [6, 6.07) is 6.00. The van der Waals surface area contributed by atoms with Gasteiger partial charge in [0.05, 0.1) is 4.90 Å². The van der Waals surface area contributed by atoms with Crippen LogP contribution in [0.4, 0.5) is 8.78 Å². The van der Waals surface area contributed by atoms with Gasteiger partial charge in [-0.1, -0.05) is 5.16 Å².